The number of nitrogens with one attached hydrogen (secondary N) is 1. The molecule has 0 amide bonds. The zero-order chi connectivity index (χ0) is 10.1. The van der Waals surface area contributed by atoms with E-state index in [1.165, 1.54) is 12.8 Å². The Kier molecular flexibility index (Phi) is 2.88. The fourth-order valence-electron chi connectivity index (χ4n) is 1.47. The number of hydrogen-bond donors (Lipinski definition) is 1. The first-order valence-electron chi connectivity index (χ1n) is 4.84. The molecule has 1 aliphatic rings. The molecular formula is C11H13BrFN. The number of aryl methyl sites for hydroxylation is 1. The van der Waals surface area contributed by atoms with E-state index in [1.54, 1.807) is 13.0 Å². The second kappa shape index (κ2) is 3.99. The van der Waals surface area contributed by atoms with Crippen LogP contribution in [0.3, 0.4) is 0 Å². The minimum atomic E-state index is -0.0821. The molecule has 0 spiro atoms. The van der Waals surface area contributed by atoms with Crippen LogP contribution in [0.2, 0.25) is 0 Å². The van der Waals surface area contributed by atoms with Gasteiger partial charge in [0.25, 0.3) is 0 Å². The SMILES string of the molecule is Cc1cc(Br)cc(CNC2CC2)c1F. The highest BCUT2D eigenvalue weighted by atomic mass is 79.9. The Hall–Kier alpha value is -0.410. The summed E-state index contributed by atoms with van der Waals surface area (Å²) in [5.41, 5.74) is 1.45. The van der Waals surface area contributed by atoms with E-state index in [1.807, 2.05) is 6.07 Å². The molecule has 1 saturated carbocycles. The van der Waals surface area contributed by atoms with Crippen molar-refractivity contribution < 1.29 is 4.39 Å². The Bertz CT molecular complexity index is 347. The van der Waals surface area contributed by atoms with E-state index in [4.69, 9.17) is 0 Å². The summed E-state index contributed by atoms with van der Waals surface area (Å²) < 4.78 is 14.5. The molecular weight excluding hydrogens is 245 g/mol. The monoisotopic (exact) mass is 257 g/mol. The van der Waals surface area contributed by atoms with Gasteiger partial charge in [-0.1, -0.05) is 15.9 Å². The van der Waals surface area contributed by atoms with Crippen LogP contribution < -0.4 is 5.32 Å². The Labute approximate surface area is 91.8 Å². The average Bonchev–Trinajstić information content (AvgIpc) is 2.92. The van der Waals surface area contributed by atoms with Gasteiger partial charge in [-0.25, -0.2) is 4.39 Å². The summed E-state index contributed by atoms with van der Waals surface area (Å²) in [6, 6.07) is 4.27. The van der Waals surface area contributed by atoms with E-state index >= 15 is 0 Å². The van der Waals surface area contributed by atoms with Crippen molar-refractivity contribution in [2.24, 2.45) is 0 Å². The van der Waals surface area contributed by atoms with Crippen molar-refractivity contribution in [2.75, 3.05) is 0 Å². The normalized spacial score (nSPS) is 15.9. The predicted molar refractivity (Wildman–Crippen MR) is 58.7 cm³/mol. The lowest BCUT2D eigenvalue weighted by Crippen LogP contribution is -2.16. The molecule has 0 unspecified atom stereocenters. The second-order valence-electron chi connectivity index (χ2n) is 3.85. The van der Waals surface area contributed by atoms with Gasteiger partial charge in [0.2, 0.25) is 0 Å². The third-order valence-corrected chi connectivity index (χ3v) is 2.91. The molecule has 76 valence electrons. The van der Waals surface area contributed by atoms with E-state index in [9.17, 15) is 4.39 Å². The zero-order valence-electron chi connectivity index (χ0n) is 8.11. The van der Waals surface area contributed by atoms with Gasteiger partial charge in [0.05, 0.1) is 0 Å². The van der Waals surface area contributed by atoms with Gasteiger partial charge in [0.1, 0.15) is 5.82 Å². The molecule has 0 atom stereocenters. The third-order valence-electron chi connectivity index (χ3n) is 2.45. The van der Waals surface area contributed by atoms with Crippen LogP contribution in [0.5, 0.6) is 0 Å². The summed E-state index contributed by atoms with van der Waals surface area (Å²) >= 11 is 3.38. The first kappa shape index (κ1) is 10.1. The second-order valence-corrected chi connectivity index (χ2v) is 4.77. The van der Waals surface area contributed by atoms with Gasteiger partial charge in [0, 0.05) is 22.6 Å². The number of hydrogen-bond acceptors (Lipinski definition) is 1. The highest BCUT2D eigenvalue weighted by Gasteiger charge is 2.20. The molecule has 1 aliphatic carbocycles. The molecule has 0 bridgehead atoms. The lowest BCUT2D eigenvalue weighted by molar-refractivity contribution is 0.579. The molecule has 0 saturated heterocycles. The lowest BCUT2D eigenvalue weighted by atomic mass is 10.1. The summed E-state index contributed by atoms with van der Waals surface area (Å²) in [5.74, 6) is -0.0821. The molecule has 3 heteroatoms. The smallest absolute Gasteiger partial charge is 0.130 e. The Morgan fingerprint density at radius 1 is 1.50 bits per heavy atom. The van der Waals surface area contributed by atoms with Gasteiger partial charge in [-0.05, 0) is 37.5 Å². The van der Waals surface area contributed by atoms with Gasteiger partial charge in [-0.3, -0.25) is 0 Å². The number of benzene rings is 1. The molecule has 1 fully saturated rings. The predicted octanol–water partition coefficient (Wildman–Crippen LogP) is 3.15. The Morgan fingerprint density at radius 2 is 2.21 bits per heavy atom. The fraction of sp³-hybridized carbons (Fsp3) is 0.455. The van der Waals surface area contributed by atoms with Crippen LogP contribution >= 0.6 is 15.9 Å². The molecule has 1 N–H and O–H groups in total. The minimum Gasteiger partial charge on any atom is -0.310 e. The molecule has 2 rings (SSSR count). The van der Waals surface area contributed by atoms with E-state index in [-0.39, 0.29) is 5.82 Å². The highest BCUT2D eigenvalue weighted by Crippen LogP contribution is 2.22. The third kappa shape index (κ3) is 2.34. The summed E-state index contributed by atoms with van der Waals surface area (Å²) in [7, 11) is 0. The number of rotatable bonds is 3. The molecule has 1 nitrogen and oxygen atoms in total. The molecule has 14 heavy (non-hydrogen) atoms. The summed E-state index contributed by atoms with van der Waals surface area (Å²) in [5, 5.41) is 3.31. The Morgan fingerprint density at radius 3 is 2.86 bits per heavy atom. The maximum Gasteiger partial charge on any atom is 0.130 e. The van der Waals surface area contributed by atoms with Crippen LogP contribution in [0.25, 0.3) is 0 Å². The molecule has 0 radical (unpaired) electrons. The van der Waals surface area contributed by atoms with E-state index < -0.39 is 0 Å². The topological polar surface area (TPSA) is 12.0 Å². The van der Waals surface area contributed by atoms with E-state index in [0.29, 0.717) is 18.2 Å². The zero-order valence-corrected chi connectivity index (χ0v) is 9.70. The number of halogens is 2. The van der Waals surface area contributed by atoms with Crippen LogP contribution in [0.15, 0.2) is 16.6 Å². The molecule has 1 aromatic rings. The molecule has 0 heterocycles. The average molecular weight is 258 g/mol. The minimum absolute atomic E-state index is 0.0821. The maximum absolute atomic E-state index is 13.6. The van der Waals surface area contributed by atoms with Gasteiger partial charge >= 0.3 is 0 Å². The van der Waals surface area contributed by atoms with Crippen molar-refractivity contribution in [3.05, 3.63) is 33.5 Å². The fourth-order valence-corrected chi connectivity index (χ4v) is 2.09. The summed E-state index contributed by atoms with van der Waals surface area (Å²) in [4.78, 5) is 0. The lowest BCUT2D eigenvalue weighted by Gasteiger charge is -2.07. The van der Waals surface area contributed by atoms with Gasteiger partial charge in [0.15, 0.2) is 0 Å². The van der Waals surface area contributed by atoms with Crippen LogP contribution in [0.4, 0.5) is 4.39 Å². The summed E-state index contributed by atoms with van der Waals surface area (Å²) in [6.07, 6.45) is 2.46. The van der Waals surface area contributed by atoms with Crippen LogP contribution in [-0.4, -0.2) is 6.04 Å². The van der Waals surface area contributed by atoms with Crippen molar-refractivity contribution in [3.63, 3.8) is 0 Å². The first-order valence-corrected chi connectivity index (χ1v) is 5.64. The molecule has 0 aromatic heterocycles. The summed E-state index contributed by atoms with van der Waals surface area (Å²) in [6.45, 7) is 2.43. The van der Waals surface area contributed by atoms with Crippen LogP contribution in [0, 0.1) is 12.7 Å². The highest BCUT2D eigenvalue weighted by molar-refractivity contribution is 9.10. The van der Waals surface area contributed by atoms with Gasteiger partial charge in [-0.15, -0.1) is 0 Å². The van der Waals surface area contributed by atoms with Gasteiger partial charge in [-0.2, -0.15) is 0 Å². The quantitative estimate of drug-likeness (QED) is 0.878. The van der Waals surface area contributed by atoms with Crippen molar-refractivity contribution in [1.82, 2.24) is 5.32 Å². The van der Waals surface area contributed by atoms with Crippen LogP contribution in [0.1, 0.15) is 24.0 Å². The first-order chi connectivity index (χ1) is 6.66. The standard InChI is InChI=1S/C11H13BrFN/c1-7-4-9(12)5-8(11(7)13)6-14-10-2-3-10/h4-5,10,14H,2-3,6H2,1H3. The Balaban J connectivity index is 2.13. The van der Waals surface area contributed by atoms with Gasteiger partial charge < -0.3 is 5.32 Å². The van der Waals surface area contributed by atoms with Crippen molar-refractivity contribution >= 4 is 15.9 Å². The maximum atomic E-state index is 13.6. The van der Waals surface area contributed by atoms with E-state index in [0.717, 1.165) is 10.0 Å². The van der Waals surface area contributed by atoms with Crippen LogP contribution in [-0.2, 0) is 6.54 Å². The van der Waals surface area contributed by atoms with Crippen molar-refractivity contribution in [3.8, 4) is 0 Å². The molecule has 1 aromatic carbocycles. The van der Waals surface area contributed by atoms with Crippen molar-refractivity contribution in [1.29, 1.82) is 0 Å². The molecule has 0 aliphatic heterocycles. The van der Waals surface area contributed by atoms with Crippen molar-refractivity contribution in [2.45, 2.75) is 32.4 Å². The largest absolute Gasteiger partial charge is 0.310 e. The van der Waals surface area contributed by atoms with E-state index in [2.05, 4.69) is 21.2 Å².